The van der Waals surface area contributed by atoms with Gasteiger partial charge in [-0.1, -0.05) is 13.3 Å². The molecule has 1 rings (SSSR count). The van der Waals surface area contributed by atoms with Crippen molar-refractivity contribution >= 4 is 17.2 Å². The molecule has 14 heavy (non-hydrogen) atoms. The van der Waals surface area contributed by atoms with Gasteiger partial charge in [0.15, 0.2) is 0 Å². The summed E-state index contributed by atoms with van der Waals surface area (Å²) in [5.41, 5.74) is 5.88. The number of carbonyl (C=O) groups is 1. The number of unbranched alkanes of at least 4 members (excludes halogenated alkanes) is 1. The number of hydrogen-bond donors (Lipinski definition) is 2. The zero-order valence-electron chi connectivity index (χ0n) is 8.25. The summed E-state index contributed by atoms with van der Waals surface area (Å²) < 4.78 is 0. The molecule has 0 spiro atoms. The third-order valence-corrected chi connectivity index (χ3v) is 2.65. The molecule has 0 aliphatic rings. The minimum Gasteiger partial charge on any atom is -0.351 e. The van der Waals surface area contributed by atoms with E-state index < -0.39 is 0 Å². The van der Waals surface area contributed by atoms with Crippen molar-refractivity contribution in [3.05, 3.63) is 16.1 Å². The largest absolute Gasteiger partial charge is 0.351 e. The summed E-state index contributed by atoms with van der Waals surface area (Å²) in [5, 5.41) is 5.34. The first-order valence-electron chi connectivity index (χ1n) is 4.70. The van der Waals surface area contributed by atoms with E-state index in [0.717, 1.165) is 17.8 Å². The van der Waals surface area contributed by atoms with Gasteiger partial charge in [-0.15, -0.1) is 11.3 Å². The van der Waals surface area contributed by atoms with Crippen molar-refractivity contribution in [2.75, 3.05) is 6.54 Å². The second-order valence-corrected chi connectivity index (χ2v) is 3.88. The molecule has 1 aromatic rings. The molecule has 1 aromatic heterocycles. The van der Waals surface area contributed by atoms with E-state index in [4.69, 9.17) is 5.73 Å². The van der Waals surface area contributed by atoms with Crippen LogP contribution in [0.3, 0.4) is 0 Å². The van der Waals surface area contributed by atoms with Crippen molar-refractivity contribution in [2.45, 2.75) is 26.3 Å². The highest BCUT2D eigenvalue weighted by Gasteiger charge is 2.08. The van der Waals surface area contributed by atoms with Gasteiger partial charge in [0.25, 0.3) is 5.91 Å². The second kappa shape index (κ2) is 5.72. The molecule has 78 valence electrons. The quantitative estimate of drug-likeness (QED) is 0.720. The molecule has 0 unspecified atom stereocenters. The monoisotopic (exact) mass is 213 g/mol. The van der Waals surface area contributed by atoms with Gasteiger partial charge in [-0.3, -0.25) is 4.79 Å². The van der Waals surface area contributed by atoms with Crippen LogP contribution in [0.5, 0.6) is 0 Å². The summed E-state index contributed by atoms with van der Waals surface area (Å²) in [7, 11) is 0. The summed E-state index contributed by atoms with van der Waals surface area (Å²) >= 11 is 1.42. The van der Waals surface area contributed by atoms with Crippen molar-refractivity contribution in [3.63, 3.8) is 0 Å². The first-order valence-corrected chi connectivity index (χ1v) is 5.58. The van der Waals surface area contributed by atoms with Gasteiger partial charge in [0.1, 0.15) is 10.7 Å². The number of aromatic nitrogens is 1. The zero-order chi connectivity index (χ0) is 10.4. The van der Waals surface area contributed by atoms with Crippen LogP contribution >= 0.6 is 11.3 Å². The normalized spacial score (nSPS) is 10.1. The number of nitrogens with two attached hydrogens (primary N) is 1. The molecule has 0 bridgehead atoms. The fourth-order valence-corrected chi connectivity index (χ4v) is 1.63. The lowest BCUT2D eigenvalue weighted by atomic mass is 10.3. The minimum atomic E-state index is -0.102. The molecule has 0 radical (unpaired) electrons. The number of amides is 1. The average Bonchev–Trinajstić information content (AvgIpc) is 2.66. The number of nitrogens with zero attached hydrogens (tertiary/aromatic N) is 1. The Balaban J connectivity index is 2.44. The molecule has 0 atom stereocenters. The lowest BCUT2D eigenvalue weighted by Gasteiger charge is -2.00. The van der Waals surface area contributed by atoms with E-state index in [9.17, 15) is 4.79 Å². The van der Waals surface area contributed by atoms with Gasteiger partial charge in [-0.05, 0) is 6.42 Å². The lowest BCUT2D eigenvalue weighted by Crippen LogP contribution is -2.24. The summed E-state index contributed by atoms with van der Waals surface area (Å²) in [6.07, 6.45) is 2.07. The molecule has 0 aliphatic heterocycles. The van der Waals surface area contributed by atoms with E-state index in [-0.39, 0.29) is 5.91 Å². The summed E-state index contributed by atoms with van der Waals surface area (Å²) in [6, 6.07) is 0. The highest BCUT2D eigenvalue weighted by Crippen LogP contribution is 2.08. The van der Waals surface area contributed by atoms with Gasteiger partial charge < -0.3 is 11.1 Å². The fraction of sp³-hybridized carbons (Fsp3) is 0.556. The van der Waals surface area contributed by atoms with Crippen LogP contribution in [0.2, 0.25) is 0 Å². The van der Waals surface area contributed by atoms with Crippen LogP contribution in [0.1, 0.15) is 35.3 Å². The van der Waals surface area contributed by atoms with Crippen LogP contribution in [0.4, 0.5) is 0 Å². The number of carbonyl (C=O) groups excluding carboxylic acids is 1. The number of nitrogens with one attached hydrogen (secondary N) is 1. The first-order chi connectivity index (χ1) is 6.77. The molecule has 4 nitrogen and oxygen atoms in total. The molecule has 1 amide bonds. The van der Waals surface area contributed by atoms with Gasteiger partial charge in [-0.25, -0.2) is 4.98 Å². The average molecular weight is 213 g/mol. The van der Waals surface area contributed by atoms with Gasteiger partial charge in [0, 0.05) is 18.5 Å². The van der Waals surface area contributed by atoms with Crippen LogP contribution < -0.4 is 11.1 Å². The molecule has 3 N–H and O–H groups in total. The minimum absolute atomic E-state index is 0.102. The Hall–Kier alpha value is -0.940. The van der Waals surface area contributed by atoms with Gasteiger partial charge in [0.05, 0.1) is 0 Å². The van der Waals surface area contributed by atoms with E-state index in [0.29, 0.717) is 18.8 Å². The molecule has 0 aliphatic carbocycles. The third kappa shape index (κ3) is 3.08. The maximum Gasteiger partial charge on any atom is 0.270 e. The predicted octanol–water partition coefficient (Wildman–Crippen LogP) is 1.13. The van der Waals surface area contributed by atoms with E-state index in [2.05, 4.69) is 17.2 Å². The second-order valence-electron chi connectivity index (χ2n) is 2.94. The van der Waals surface area contributed by atoms with E-state index >= 15 is 0 Å². The fourth-order valence-electron chi connectivity index (χ4n) is 0.978. The number of hydrogen-bond acceptors (Lipinski definition) is 4. The molecule has 0 fully saturated rings. The van der Waals surface area contributed by atoms with Gasteiger partial charge >= 0.3 is 0 Å². The van der Waals surface area contributed by atoms with Crippen LogP contribution in [0.15, 0.2) is 5.38 Å². The Kier molecular flexibility index (Phi) is 4.55. The zero-order valence-corrected chi connectivity index (χ0v) is 9.06. The van der Waals surface area contributed by atoms with E-state index in [1.807, 2.05) is 0 Å². The van der Waals surface area contributed by atoms with Gasteiger partial charge in [-0.2, -0.15) is 0 Å². The maximum atomic E-state index is 11.4. The van der Waals surface area contributed by atoms with Crippen LogP contribution in [0.25, 0.3) is 0 Å². The highest BCUT2D eigenvalue weighted by atomic mass is 32.1. The van der Waals surface area contributed by atoms with Crippen LogP contribution in [-0.4, -0.2) is 17.4 Å². The Labute approximate surface area is 87.5 Å². The van der Waals surface area contributed by atoms with E-state index in [1.165, 1.54) is 11.3 Å². The van der Waals surface area contributed by atoms with Crippen molar-refractivity contribution in [3.8, 4) is 0 Å². The van der Waals surface area contributed by atoms with Crippen LogP contribution in [-0.2, 0) is 6.54 Å². The van der Waals surface area contributed by atoms with Crippen molar-refractivity contribution in [1.82, 2.24) is 10.3 Å². The third-order valence-electron chi connectivity index (χ3n) is 1.77. The Morgan fingerprint density at radius 2 is 2.50 bits per heavy atom. The molecule has 5 heteroatoms. The molecular weight excluding hydrogens is 198 g/mol. The Morgan fingerprint density at radius 1 is 1.71 bits per heavy atom. The van der Waals surface area contributed by atoms with E-state index in [1.54, 1.807) is 5.38 Å². The lowest BCUT2D eigenvalue weighted by molar-refractivity contribution is 0.0948. The molecular formula is C9H15N3OS. The summed E-state index contributed by atoms with van der Waals surface area (Å²) in [5.74, 6) is -0.102. The highest BCUT2D eigenvalue weighted by molar-refractivity contribution is 7.09. The molecule has 0 aromatic carbocycles. The predicted molar refractivity (Wildman–Crippen MR) is 57.2 cm³/mol. The molecule has 1 heterocycles. The first kappa shape index (κ1) is 11.1. The standard InChI is InChI=1S/C9H15N3OS/c1-2-3-4-11-9(13)7-6-14-8(5-10)12-7/h6H,2-5,10H2,1H3,(H,11,13). The van der Waals surface area contributed by atoms with Crippen molar-refractivity contribution < 1.29 is 4.79 Å². The number of thiazole rings is 1. The summed E-state index contributed by atoms with van der Waals surface area (Å²) in [6.45, 7) is 3.19. The van der Waals surface area contributed by atoms with Crippen LogP contribution in [0, 0.1) is 0 Å². The van der Waals surface area contributed by atoms with Gasteiger partial charge in [0.2, 0.25) is 0 Å². The molecule has 0 saturated carbocycles. The smallest absolute Gasteiger partial charge is 0.270 e. The van der Waals surface area contributed by atoms with Crippen molar-refractivity contribution in [2.24, 2.45) is 5.73 Å². The summed E-state index contributed by atoms with van der Waals surface area (Å²) in [4.78, 5) is 15.5. The molecule has 0 saturated heterocycles. The number of rotatable bonds is 5. The maximum absolute atomic E-state index is 11.4. The topological polar surface area (TPSA) is 68.0 Å². The van der Waals surface area contributed by atoms with Crippen molar-refractivity contribution in [1.29, 1.82) is 0 Å². The Bertz CT molecular complexity index is 298. The SMILES string of the molecule is CCCCNC(=O)c1csc(CN)n1. The Morgan fingerprint density at radius 3 is 3.07 bits per heavy atom.